The summed E-state index contributed by atoms with van der Waals surface area (Å²) in [7, 11) is 1.97. The van der Waals surface area contributed by atoms with Gasteiger partial charge in [0.15, 0.2) is 0 Å². The van der Waals surface area contributed by atoms with Crippen molar-refractivity contribution in [1.82, 2.24) is 4.90 Å². The number of nitrogens with two attached hydrogens (primary N) is 1. The van der Waals surface area contributed by atoms with Crippen molar-refractivity contribution in [2.24, 2.45) is 11.7 Å². The fourth-order valence-corrected chi connectivity index (χ4v) is 2.00. The average molecular weight is 200 g/mol. The Morgan fingerprint density at radius 2 is 2.00 bits per heavy atom. The molecule has 1 aliphatic rings. The van der Waals surface area contributed by atoms with Crippen molar-refractivity contribution < 1.29 is 4.74 Å². The number of hydrogen-bond donors (Lipinski definition) is 1. The second kappa shape index (κ2) is 7.21. The highest BCUT2D eigenvalue weighted by Crippen LogP contribution is 2.25. The van der Waals surface area contributed by atoms with E-state index >= 15 is 0 Å². The molecule has 0 saturated heterocycles. The van der Waals surface area contributed by atoms with Crippen molar-refractivity contribution in [3.05, 3.63) is 0 Å². The van der Waals surface area contributed by atoms with Crippen molar-refractivity contribution in [2.45, 2.75) is 38.5 Å². The first-order valence-electron chi connectivity index (χ1n) is 5.79. The maximum absolute atomic E-state index is 5.53. The van der Waals surface area contributed by atoms with E-state index in [1.165, 1.54) is 38.5 Å². The van der Waals surface area contributed by atoms with Gasteiger partial charge in [-0.05, 0) is 19.4 Å². The van der Waals surface area contributed by atoms with E-state index in [-0.39, 0.29) is 0 Å². The number of nitrogens with zero attached hydrogens (tertiary/aromatic N) is 1. The van der Waals surface area contributed by atoms with Gasteiger partial charge in [-0.25, -0.2) is 0 Å². The normalized spacial score (nSPS) is 19.1. The van der Waals surface area contributed by atoms with Crippen LogP contribution >= 0.6 is 0 Å². The number of rotatable bonds is 6. The SMILES string of the molecule is CN(CN)COCCC1CCCCC1. The molecule has 0 aromatic rings. The van der Waals surface area contributed by atoms with Crippen LogP contribution in [0.5, 0.6) is 0 Å². The fourth-order valence-electron chi connectivity index (χ4n) is 2.00. The summed E-state index contributed by atoms with van der Waals surface area (Å²) in [6.45, 7) is 2.14. The molecule has 0 unspecified atom stereocenters. The second-order valence-corrected chi connectivity index (χ2v) is 4.37. The predicted molar refractivity (Wildman–Crippen MR) is 58.8 cm³/mol. The first kappa shape index (κ1) is 12.0. The van der Waals surface area contributed by atoms with Gasteiger partial charge >= 0.3 is 0 Å². The fraction of sp³-hybridized carbons (Fsp3) is 1.00. The summed E-state index contributed by atoms with van der Waals surface area (Å²) < 4.78 is 5.53. The molecule has 3 heteroatoms. The lowest BCUT2D eigenvalue weighted by atomic mass is 9.87. The van der Waals surface area contributed by atoms with Gasteiger partial charge in [-0.2, -0.15) is 0 Å². The third kappa shape index (κ3) is 4.94. The molecule has 0 atom stereocenters. The number of hydrogen-bond acceptors (Lipinski definition) is 3. The van der Waals surface area contributed by atoms with Crippen LogP contribution in [0.2, 0.25) is 0 Å². The first-order chi connectivity index (χ1) is 6.83. The lowest BCUT2D eigenvalue weighted by Gasteiger charge is -2.22. The van der Waals surface area contributed by atoms with Crippen LogP contribution in [0.15, 0.2) is 0 Å². The molecule has 14 heavy (non-hydrogen) atoms. The van der Waals surface area contributed by atoms with Crippen LogP contribution in [0.4, 0.5) is 0 Å². The van der Waals surface area contributed by atoms with Crippen LogP contribution in [0, 0.1) is 5.92 Å². The monoisotopic (exact) mass is 200 g/mol. The van der Waals surface area contributed by atoms with Gasteiger partial charge in [0.25, 0.3) is 0 Å². The Morgan fingerprint density at radius 1 is 1.29 bits per heavy atom. The standard InChI is InChI=1S/C11H24N2O/c1-13(9-12)10-14-8-7-11-5-3-2-4-6-11/h11H,2-10,12H2,1H3. The smallest absolute Gasteiger partial charge is 0.0997 e. The van der Waals surface area contributed by atoms with Crippen molar-refractivity contribution in [3.63, 3.8) is 0 Å². The van der Waals surface area contributed by atoms with Gasteiger partial charge in [0.1, 0.15) is 0 Å². The minimum absolute atomic E-state index is 0.573. The molecule has 3 nitrogen and oxygen atoms in total. The third-order valence-electron chi connectivity index (χ3n) is 3.02. The van der Waals surface area contributed by atoms with Crippen molar-refractivity contribution >= 4 is 0 Å². The highest BCUT2D eigenvalue weighted by atomic mass is 16.5. The minimum Gasteiger partial charge on any atom is -0.366 e. The van der Waals surface area contributed by atoms with E-state index in [9.17, 15) is 0 Å². The maximum Gasteiger partial charge on any atom is 0.0997 e. The maximum atomic E-state index is 5.53. The summed E-state index contributed by atoms with van der Waals surface area (Å²) in [5.74, 6) is 0.923. The predicted octanol–water partition coefficient (Wildman–Crippen LogP) is 1.78. The zero-order valence-corrected chi connectivity index (χ0v) is 9.37. The molecule has 1 saturated carbocycles. The zero-order chi connectivity index (χ0) is 10.2. The van der Waals surface area contributed by atoms with Crippen molar-refractivity contribution in [3.8, 4) is 0 Å². The molecule has 0 bridgehead atoms. The summed E-state index contributed by atoms with van der Waals surface area (Å²) in [5.41, 5.74) is 5.44. The molecule has 0 amide bonds. The quantitative estimate of drug-likeness (QED) is 0.524. The zero-order valence-electron chi connectivity index (χ0n) is 9.37. The summed E-state index contributed by atoms with van der Waals surface area (Å²) >= 11 is 0. The summed E-state index contributed by atoms with van der Waals surface area (Å²) in [6, 6.07) is 0. The van der Waals surface area contributed by atoms with E-state index in [2.05, 4.69) is 0 Å². The van der Waals surface area contributed by atoms with Crippen molar-refractivity contribution in [2.75, 3.05) is 27.1 Å². The van der Waals surface area contributed by atoms with Gasteiger partial charge in [-0.15, -0.1) is 0 Å². The largest absolute Gasteiger partial charge is 0.366 e. The Morgan fingerprint density at radius 3 is 2.64 bits per heavy atom. The van der Waals surface area contributed by atoms with Gasteiger partial charge in [-0.1, -0.05) is 32.1 Å². The molecule has 1 aliphatic carbocycles. The lowest BCUT2D eigenvalue weighted by molar-refractivity contribution is 0.0349. The molecule has 0 aromatic heterocycles. The third-order valence-corrected chi connectivity index (χ3v) is 3.02. The van der Waals surface area contributed by atoms with E-state index < -0.39 is 0 Å². The number of ether oxygens (including phenoxy) is 1. The molecule has 0 aliphatic heterocycles. The molecule has 1 fully saturated rings. The molecule has 0 heterocycles. The van der Waals surface area contributed by atoms with E-state index in [1.807, 2.05) is 11.9 Å². The first-order valence-corrected chi connectivity index (χ1v) is 5.79. The molecule has 0 spiro atoms. The van der Waals surface area contributed by atoms with Crippen LogP contribution < -0.4 is 5.73 Å². The molecule has 2 N–H and O–H groups in total. The topological polar surface area (TPSA) is 38.5 Å². The van der Waals surface area contributed by atoms with E-state index in [1.54, 1.807) is 0 Å². The van der Waals surface area contributed by atoms with Crippen LogP contribution in [-0.4, -0.2) is 32.0 Å². The Balaban J connectivity index is 1.92. The van der Waals surface area contributed by atoms with Crippen LogP contribution in [0.25, 0.3) is 0 Å². The van der Waals surface area contributed by atoms with Gasteiger partial charge in [0.2, 0.25) is 0 Å². The molecular weight excluding hydrogens is 176 g/mol. The average Bonchev–Trinajstić information content (AvgIpc) is 2.25. The van der Waals surface area contributed by atoms with Crippen LogP contribution in [-0.2, 0) is 4.74 Å². The Bertz CT molecular complexity index is 135. The summed E-state index contributed by atoms with van der Waals surface area (Å²) in [5, 5.41) is 0. The minimum atomic E-state index is 0.573. The van der Waals surface area contributed by atoms with E-state index in [4.69, 9.17) is 10.5 Å². The summed E-state index contributed by atoms with van der Waals surface area (Å²) in [4.78, 5) is 1.97. The molecular formula is C11H24N2O. The second-order valence-electron chi connectivity index (χ2n) is 4.37. The molecule has 84 valence electrons. The van der Waals surface area contributed by atoms with E-state index in [0.29, 0.717) is 13.4 Å². The Hall–Kier alpha value is -0.120. The molecule has 1 rings (SSSR count). The molecule has 0 aromatic carbocycles. The van der Waals surface area contributed by atoms with Crippen LogP contribution in [0.3, 0.4) is 0 Å². The van der Waals surface area contributed by atoms with E-state index in [0.717, 1.165) is 12.5 Å². The van der Waals surface area contributed by atoms with Gasteiger partial charge in [0.05, 0.1) is 6.73 Å². The highest BCUT2D eigenvalue weighted by Gasteiger charge is 2.12. The summed E-state index contributed by atoms with van der Waals surface area (Å²) in [6.07, 6.45) is 8.35. The lowest BCUT2D eigenvalue weighted by Crippen LogP contribution is -2.28. The van der Waals surface area contributed by atoms with Gasteiger partial charge < -0.3 is 10.5 Å². The van der Waals surface area contributed by atoms with Crippen LogP contribution in [0.1, 0.15) is 38.5 Å². The van der Waals surface area contributed by atoms with Crippen molar-refractivity contribution in [1.29, 1.82) is 0 Å². The van der Waals surface area contributed by atoms with Gasteiger partial charge in [-0.3, -0.25) is 4.90 Å². The van der Waals surface area contributed by atoms with Gasteiger partial charge in [0, 0.05) is 13.3 Å². The Labute approximate surface area is 87.6 Å². The molecule has 0 radical (unpaired) electrons. The highest BCUT2D eigenvalue weighted by molar-refractivity contribution is 4.65. The Kier molecular flexibility index (Phi) is 6.15.